The first kappa shape index (κ1) is 14.4. The second-order valence-electron chi connectivity index (χ2n) is 5.35. The lowest BCUT2D eigenvalue weighted by atomic mass is 10.2. The fourth-order valence-electron chi connectivity index (χ4n) is 2.36. The molecule has 0 spiro atoms. The van der Waals surface area contributed by atoms with Gasteiger partial charge in [0.2, 0.25) is 0 Å². The summed E-state index contributed by atoms with van der Waals surface area (Å²) in [6.45, 7) is 6.44. The van der Waals surface area contributed by atoms with Crippen LogP contribution in [0.5, 0.6) is 0 Å². The molecule has 6 nitrogen and oxygen atoms in total. The van der Waals surface area contributed by atoms with Crippen molar-refractivity contribution in [1.29, 1.82) is 0 Å². The highest BCUT2D eigenvalue weighted by atomic mass is 16.4. The van der Waals surface area contributed by atoms with E-state index >= 15 is 0 Å². The van der Waals surface area contributed by atoms with E-state index in [0.717, 1.165) is 17.9 Å². The molecule has 3 rings (SSSR count). The third-order valence-electron chi connectivity index (χ3n) is 3.51. The van der Waals surface area contributed by atoms with Gasteiger partial charge >= 0.3 is 0 Å². The number of oxazole rings is 1. The lowest BCUT2D eigenvalue weighted by Gasteiger charge is -2.18. The van der Waals surface area contributed by atoms with Crippen LogP contribution in [0.15, 0.2) is 22.7 Å². The fourth-order valence-corrected chi connectivity index (χ4v) is 2.36. The molecule has 0 fully saturated rings. The zero-order chi connectivity index (χ0) is 15.7. The molecule has 0 saturated heterocycles. The average Bonchev–Trinajstić information content (AvgIpc) is 2.87. The van der Waals surface area contributed by atoms with Crippen molar-refractivity contribution in [2.45, 2.75) is 33.7 Å². The predicted molar refractivity (Wildman–Crippen MR) is 84.8 cm³/mol. The summed E-state index contributed by atoms with van der Waals surface area (Å²) < 4.78 is 5.52. The summed E-state index contributed by atoms with van der Waals surface area (Å²) in [5.41, 5.74) is 3.44. The van der Waals surface area contributed by atoms with E-state index < -0.39 is 0 Å². The Morgan fingerprint density at radius 3 is 2.64 bits per heavy atom. The zero-order valence-electron chi connectivity index (χ0n) is 13.3. The highest BCUT2D eigenvalue weighted by Crippen LogP contribution is 2.24. The first-order valence-corrected chi connectivity index (χ1v) is 7.33. The van der Waals surface area contributed by atoms with Crippen LogP contribution >= 0.6 is 0 Å². The molecule has 0 aliphatic carbocycles. The summed E-state index contributed by atoms with van der Waals surface area (Å²) in [6, 6.07) is 4.16. The maximum Gasteiger partial charge on any atom is 0.252 e. The molecule has 0 aliphatic rings. The molecule has 0 saturated carbocycles. The zero-order valence-corrected chi connectivity index (χ0v) is 13.3. The predicted octanol–water partition coefficient (Wildman–Crippen LogP) is 2.83. The standard InChI is InChI=1S/C16H19N5O/c1-5-12-6-7-13(17-8-12)9-21(4)15-14-16(19-10(2)18-15)22-11(3)20-14/h6-8H,5,9H2,1-4H3. The Balaban J connectivity index is 1.92. The van der Waals surface area contributed by atoms with Gasteiger partial charge in [0.15, 0.2) is 17.2 Å². The van der Waals surface area contributed by atoms with Gasteiger partial charge in [0, 0.05) is 20.2 Å². The Kier molecular flexibility index (Phi) is 3.75. The summed E-state index contributed by atoms with van der Waals surface area (Å²) in [5, 5.41) is 0. The van der Waals surface area contributed by atoms with Crippen LogP contribution in [0, 0.1) is 13.8 Å². The van der Waals surface area contributed by atoms with Gasteiger partial charge in [0.05, 0.1) is 12.2 Å². The minimum absolute atomic E-state index is 0.529. The molecule has 0 aromatic carbocycles. The maximum absolute atomic E-state index is 5.52. The van der Waals surface area contributed by atoms with Crippen molar-refractivity contribution in [2.24, 2.45) is 0 Å². The van der Waals surface area contributed by atoms with E-state index in [1.165, 1.54) is 5.56 Å². The van der Waals surface area contributed by atoms with Gasteiger partial charge in [0.1, 0.15) is 5.82 Å². The van der Waals surface area contributed by atoms with Gasteiger partial charge in [-0.25, -0.2) is 9.97 Å². The van der Waals surface area contributed by atoms with E-state index in [-0.39, 0.29) is 0 Å². The Labute approximate surface area is 129 Å². The number of fused-ring (bicyclic) bond motifs is 1. The molecule has 22 heavy (non-hydrogen) atoms. The van der Waals surface area contributed by atoms with Crippen molar-refractivity contribution in [3.8, 4) is 0 Å². The number of aryl methyl sites for hydroxylation is 3. The van der Waals surface area contributed by atoms with Crippen molar-refractivity contribution in [3.63, 3.8) is 0 Å². The van der Waals surface area contributed by atoms with Crippen molar-refractivity contribution < 1.29 is 4.42 Å². The third-order valence-corrected chi connectivity index (χ3v) is 3.51. The molecule has 0 N–H and O–H groups in total. The number of aromatic nitrogens is 4. The van der Waals surface area contributed by atoms with E-state index in [1.807, 2.05) is 32.0 Å². The largest absolute Gasteiger partial charge is 0.422 e. The number of hydrogen-bond donors (Lipinski definition) is 0. The molecule has 0 radical (unpaired) electrons. The summed E-state index contributed by atoms with van der Waals surface area (Å²) in [5.74, 6) is 2.02. The first-order valence-electron chi connectivity index (χ1n) is 7.33. The van der Waals surface area contributed by atoms with Gasteiger partial charge in [-0.2, -0.15) is 4.98 Å². The van der Waals surface area contributed by atoms with Crippen molar-refractivity contribution in [1.82, 2.24) is 19.9 Å². The SMILES string of the molecule is CCc1ccc(CN(C)c2nc(C)nc3oc(C)nc23)nc1. The normalized spacial score (nSPS) is 11.1. The van der Waals surface area contributed by atoms with Crippen molar-refractivity contribution in [2.75, 3.05) is 11.9 Å². The molecule has 3 aromatic rings. The molecule has 0 unspecified atom stereocenters. The number of hydrogen-bond acceptors (Lipinski definition) is 6. The van der Waals surface area contributed by atoms with Crippen LogP contribution in [0.1, 0.15) is 29.9 Å². The molecule has 0 aliphatic heterocycles. The van der Waals surface area contributed by atoms with Crippen molar-refractivity contribution in [3.05, 3.63) is 41.3 Å². The van der Waals surface area contributed by atoms with E-state index in [2.05, 4.69) is 39.0 Å². The third kappa shape index (κ3) is 2.77. The molecule has 0 amide bonds. The average molecular weight is 297 g/mol. The Hall–Kier alpha value is -2.50. The second-order valence-corrected chi connectivity index (χ2v) is 5.35. The highest BCUT2D eigenvalue weighted by molar-refractivity contribution is 5.81. The van der Waals surface area contributed by atoms with Gasteiger partial charge in [-0.1, -0.05) is 13.0 Å². The minimum atomic E-state index is 0.529. The first-order chi connectivity index (χ1) is 10.6. The maximum atomic E-state index is 5.52. The quantitative estimate of drug-likeness (QED) is 0.737. The lowest BCUT2D eigenvalue weighted by molar-refractivity contribution is 0.550. The summed E-state index contributed by atoms with van der Waals surface area (Å²) in [7, 11) is 1.97. The molecular weight excluding hydrogens is 278 g/mol. The summed E-state index contributed by atoms with van der Waals surface area (Å²) in [6.07, 6.45) is 2.91. The van der Waals surface area contributed by atoms with Crippen LogP contribution in [0.3, 0.4) is 0 Å². The molecule has 114 valence electrons. The summed E-state index contributed by atoms with van der Waals surface area (Å²) in [4.78, 5) is 19.7. The molecule has 6 heteroatoms. The molecule has 3 heterocycles. The number of rotatable bonds is 4. The Morgan fingerprint density at radius 2 is 1.95 bits per heavy atom. The Bertz CT molecular complexity index is 794. The topological polar surface area (TPSA) is 67.9 Å². The van der Waals surface area contributed by atoms with Gasteiger partial charge in [0.25, 0.3) is 5.71 Å². The van der Waals surface area contributed by atoms with Crippen LogP contribution in [0.2, 0.25) is 0 Å². The minimum Gasteiger partial charge on any atom is -0.422 e. The van der Waals surface area contributed by atoms with E-state index in [9.17, 15) is 0 Å². The van der Waals surface area contributed by atoms with Crippen molar-refractivity contribution >= 4 is 17.0 Å². The van der Waals surface area contributed by atoms with Gasteiger partial charge in [-0.05, 0) is 25.0 Å². The summed E-state index contributed by atoms with van der Waals surface area (Å²) >= 11 is 0. The number of pyridine rings is 1. The van der Waals surface area contributed by atoms with Crippen LogP contribution in [-0.4, -0.2) is 27.0 Å². The smallest absolute Gasteiger partial charge is 0.252 e. The number of nitrogens with zero attached hydrogens (tertiary/aromatic N) is 5. The van der Waals surface area contributed by atoms with Gasteiger partial charge < -0.3 is 9.32 Å². The monoisotopic (exact) mass is 297 g/mol. The van der Waals surface area contributed by atoms with Gasteiger partial charge in [-0.3, -0.25) is 4.98 Å². The van der Waals surface area contributed by atoms with Crippen LogP contribution in [-0.2, 0) is 13.0 Å². The molecule has 3 aromatic heterocycles. The second kappa shape index (κ2) is 5.71. The lowest BCUT2D eigenvalue weighted by Crippen LogP contribution is -2.19. The van der Waals surface area contributed by atoms with E-state index in [0.29, 0.717) is 29.5 Å². The highest BCUT2D eigenvalue weighted by Gasteiger charge is 2.16. The van der Waals surface area contributed by atoms with Gasteiger partial charge in [-0.15, -0.1) is 0 Å². The van der Waals surface area contributed by atoms with E-state index in [4.69, 9.17) is 4.42 Å². The molecular formula is C16H19N5O. The van der Waals surface area contributed by atoms with Crippen LogP contribution in [0.25, 0.3) is 11.2 Å². The number of anilines is 1. The Morgan fingerprint density at radius 1 is 1.14 bits per heavy atom. The fraction of sp³-hybridized carbons (Fsp3) is 0.375. The van der Waals surface area contributed by atoms with Crippen LogP contribution in [0.4, 0.5) is 5.82 Å². The molecule has 0 atom stereocenters. The van der Waals surface area contributed by atoms with E-state index in [1.54, 1.807) is 0 Å². The van der Waals surface area contributed by atoms with Crippen LogP contribution < -0.4 is 4.90 Å². The molecule has 0 bridgehead atoms.